The van der Waals surface area contributed by atoms with Crippen LogP contribution in [-0.2, 0) is 0 Å². The summed E-state index contributed by atoms with van der Waals surface area (Å²) in [6.45, 7) is 2.47. The molecule has 0 aliphatic carbocycles. The van der Waals surface area contributed by atoms with Crippen LogP contribution >= 0.6 is 0 Å². The van der Waals surface area contributed by atoms with Gasteiger partial charge in [0.25, 0.3) is 11.9 Å². The van der Waals surface area contributed by atoms with Gasteiger partial charge in [-0.25, -0.2) is 0 Å². The maximum Gasteiger partial charge on any atom is 0.298 e. The average molecular weight is 412 g/mol. The van der Waals surface area contributed by atoms with Crippen molar-refractivity contribution < 1.29 is 9.21 Å². The fraction of sp³-hybridized carbons (Fsp3) is 0.231. The number of para-hydroxylation sites is 2. The Labute approximate surface area is 181 Å². The lowest BCUT2D eigenvalue weighted by atomic mass is 9.97. The van der Waals surface area contributed by atoms with Gasteiger partial charge in [0, 0.05) is 25.2 Å². The van der Waals surface area contributed by atoms with Gasteiger partial charge in [-0.3, -0.25) is 4.79 Å². The van der Waals surface area contributed by atoms with Crippen molar-refractivity contribution in [2.24, 2.45) is 5.92 Å². The summed E-state index contributed by atoms with van der Waals surface area (Å²) in [6, 6.07) is 26.5. The molecule has 1 N–H and O–H groups in total. The smallest absolute Gasteiger partial charge is 0.298 e. The summed E-state index contributed by atoms with van der Waals surface area (Å²) >= 11 is 0. The second-order valence-corrected chi connectivity index (χ2v) is 8.05. The molecule has 5 heteroatoms. The van der Waals surface area contributed by atoms with Crippen molar-refractivity contribution in [3.05, 3.63) is 84.4 Å². The van der Waals surface area contributed by atoms with Crippen LogP contribution in [0.2, 0.25) is 0 Å². The maximum absolute atomic E-state index is 12.6. The van der Waals surface area contributed by atoms with Crippen molar-refractivity contribution in [2.45, 2.75) is 12.8 Å². The largest absolute Gasteiger partial charge is 0.423 e. The molecule has 156 valence electrons. The molecule has 0 radical (unpaired) electrons. The van der Waals surface area contributed by atoms with E-state index >= 15 is 0 Å². The molecule has 0 spiro atoms. The van der Waals surface area contributed by atoms with E-state index in [1.165, 1.54) is 0 Å². The van der Waals surface area contributed by atoms with E-state index in [0.717, 1.165) is 48.2 Å². The summed E-state index contributed by atoms with van der Waals surface area (Å²) in [4.78, 5) is 19.4. The van der Waals surface area contributed by atoms with Crippen molar-refractivity contribution in [3.8, 4) is 11.1 Å². The number of nitrogens with zero attached hydrogens (tertiary/aromatic N) is 2. The lowest BCUT2D eigenvalue weighted by Crippen LogP contribution is -2.38. The molecule has 5 rings (SSSR count). The molecule has 3 aromatic carbocycles. The highest BCUT2D eigenvalue weighted by atomic mass is 16.4. The Kier molecular flexibility index (Phi) is 5.40. The van der Waals surface area contributed by atoms with E-state index in [-0.39, 0.29) is 5.91 Å². The zero-order valence-electron chi connectivity index (χ0n) is 17.3. The van der Waals surface area contributed by atoms with Gasteiger partial charge < -0.3 is 14.6 Å². The molecule has 1 aromatic heterocycles. The fourth-order valence-electron chi connectivity index (χ4n) is 4.11. The van der Waals surface area contributed by atoms with Crippen LogP contribution in [0.15, 0.2) is 83.3 Å². The number of carbonyl (C=O) groups is 1. The molecule has 1 aliphatic rings. The highest BCUT2D eigenvalue weighted by Gasteiger charge is 2.23. The second-order valence-electron chi connectivity index (χ2n) is 8.05. The van der Waals surface area contributed by atoms with E-state index in [4.69, 9.17) is 4.42 Å². The summed E-state index contributed by atoms with van der Waals surface area (Å²) < 4.78 is 5.89. The number of benzene rings is 3. The Morgan fingerprint density at radius 2 is 1.58 bits per heavy atom. The molecule has 0 atom stereocenters. The second kappa shape index (κ2) is 8.64. The molecule has 0 saturated carbocycles. The van der Waals surface area contributed by atoms with Gasteiger partial charge in [0.1, 0.15) is 5.52 Å². The Morgan fingerprint density at radius 3 is 2.32 bits per heavy atom. The van der Waals surface area contributed by atoms with Crippen LogP contribution in [0.4, 0.5) is 6.01 Å². The van der Waals surface area contributed by atoms with Gasteiger partial charge >= 0.3 is 0 Å². The van der Waals surface area contributed by atoms with Crippen LogP contribution in [0.1, 0.15) is 23.2 Å². The summed E-state index contributed by atoms with van der Waals surface area (Å²) in [7, 11) is 0. The number of oxazole rings is 1. The number of carbonyl (C=O) groups excluding carboxylic acids is 1. The van der Waals surface area contributed by atoms with E-state index in [1.54, 1.807) is 0 Å². The first kappa shape index (κ1) is 19.4. The summed E-state index contributed by atoms with van der Waals surface area (Å²) in [5, 5.41) is 3.11. The van der Waals surface area contributed by atoms with Gasteiger partial charge in [0.15, 0.2) is 5.58 Å². The predicted octanol–water partition coefficient (Wildman–Crippen LogP) is 5.14. The van der Waals surface area contributed by atoms with Crippen LogP contribution in [-0.4, -0.2) is 30.5 Å². The average Bonchev–Trinajstić information content (AvgIpc) is 3.28. The van der Waals surface area contributed by atoms with Crippen molar-refractivity contribution in [1.82, 2.24) is 10.3 Å². The molecule has 1 amide bonds. The number of piperidine rings is 1. The minimum Gasteiger partial charge on any atom is -0.423 e. The van der Waals surface area contributed by atoms with Gasteiger partial charge in [0.2, 0.25) is 0 Å². The lowest BCUT2D eigenvalue weighted by Gasteiger charge is -2.30. The van der Waals surface area contributed by atoms with Gasteiger partial charge in [0.05, 0.1) is 0 Å². The lowest BCUT2D eigenvalue weighted by molar-refractivity contribution is 0.0945. The Bertz CT molecular complexity index is 1130. The van der Waals surface area contributed by atoms with Crippen molar-refractivity contribution in [1.29, 1.82) is 0 Å². The first-order chi connectivity index (χ1) is 15.3. The molecule has 0 bridgehead atoms. The summed E-state index contributed by atoms with van der Waals surface area (Å²) in [5.41, 5.74) is 4.68. The third kappa shape index (κ3) is 4.31. The molecule has 0 unspecified atom stereocenters. The molecule has 31 heavy (non-hydrogen) atoms. The quantitative estimate of drug-likeness (QED) is 0.494. The first-order valence-corrected chi connectivity index (χ1v) is 10.8. The minimum atomic E-state index is -0.0130. The predicted molar refractivity (Wildman–Crippen MR) is 123 cm³/mol. The van der Waals surface area contributed by atoms with Crippen molar-refractivity contribution >= 4 is 23.0 Å². The summed E-state index contributed by atoms with van der Waals surface area (Å²) in [6.07, 6.45) is 2.01. The van der Waals surface area contributed by atoms with E-state index in [2.05, 4.69) is 27.3 Å². The number of fused-ring (bicyclic) bond motifs is 1. The van der Waals surface area contributed by atoms with E-state index in [0.29, 0.717) is 24.0 Å². The number of hydrogen-bond acceptors (Lipinski definition) is 4. The first-order valence-electron chi connectivity index (χ1n) is 10.8. The monoisotopic (exact) mass is 411 g/mol. The van der Waals surface area contributed by atoms with Crippen LogP contribution in [0, 0.1) is 5.92 Å². The van der Waals surface area contributed by atoms with Crippen LogP contribution in [0.3, 0.4) is 0 Å². The van der Waals surface area contributed by atoms with E-state index < -0.39 is 0 Å². The molecular formula is C26H25N3O2. The highest BCUT2D eigenvalue weighted by Crippen LogP contribution is 2.26. The van der Waals surface area contributed by atoms with Gasteiger partial charge in [-0.05, 0) is 54.2 Å². The van der Waals surface area contributed by atoms with Crippen LogP contribution in [0.5, 0.6) is 0 Å². The van der Waals surface area contributed by atoms with Crippen LogP contribution < -0.4 is 10.2 Å². The normalized spacial score (nSPS) is 14.6. The third-order valence-corrected chi connectivity index (χ3v) is 5.97. The molecular weight excluding hydrogens is 386 g/mol. The maximum atomic E-state index is 12.6. The standard InChI is InChI=1S/C26H25N3O2/c30-25(22-12-10-21(11-13-22)20-6-2-1-3-7-20)27-18-19-14-16-29(17-15-19)26-28-23-8-4-5-9-24(23)31-26/h1-13,19H,14-18H2,(H,27,30). The molecule has 5 nitrogen and oxygen atoms in total. The molecule has 2 heterocycles. The Hall–Kier alpha value is -3.60. The molecule has 4 aromatic rings. The number of nitrogens with one attached hydrogen (secondary N) is 1. The third-order valence-electron chi connectivity index (χ3n) is 5.97. The number of aromatic nitrogens is 1. The molecule has 1 saturated heterocycles. The Morgan fingerprint density at radius 1 is 0.903 bits per heavy atom. The number of hydrogen-bond donors (Lipinski definition) is 1. The summed E-state index contributed by atoms with van der Waals surface area (Å²) in [5.74, 6) is 0.453. The van der Waals surface area contributed by atoms with E-state index in [1.807, 2.05) is 66.7 Å². The number of rotatable bonds is 5. The SMILES string of the molecule is O=C(NCC1CCN(c2nc3ccccc3o2)CC1)c1ccc(-c2ccccc2)cc1. The van der Waals surface area contributed by atoms with Gasteiger partial charge in [-0.1, -0.05) is 54.6 Å². The molecule has 1 fully saturated rings. The van der Waals surface area contributed by atoms with Crippen LogP contribution in [0.25, 0.3) is 22.2 Å². The highest BCUT2D eigenvalue weighted by molar-refractivity contribution is 5.94. The van der Waals surface area contributed by atoms with Gasteiger partial charge in [-0.2, -0.15) is 4.98 Å². The number of amides is 1. The van der Waals surface area contributed by atoms with Crippen molar-refractivity contribution in [3.63, 3.8) is 0 Å². The van der Waals surface area contributed by atoms with E-state index in [9.17, 15) is 4.79 Å². The van der Waals surface area contributed by atoms with Gasteiger partial charge in [-0.15, -0.1) is 0 Å². The zero-order chi connectivity index (χ0) is 21.0. The minimum absolute atomic E-state index is 0.0130. The number of anilines is 1. The Balaban J connectivity index is 1.13. The zero-order valence-corrected chi connectivity index (χ0v) is 17.3. The topological polar surface area (TPSA) is 58.4 Å². The fourth-order valence-corrected chi connectivity index (χ4v) is 4.11. The van der Waals surface area contributed by atoms with Crippen molar-refractivity contribution in [2.75, 3.05) is 24.5 Å². The molecule has 1 aliphatic heterocycles.